The number of imidazole rings is 1. The summed E-state index contributed by atoms with van der Waals surface area (Å²) in [5, 5.41) is 1.09. The summed E-state index contributed by atoms with van der Waals surface area (Å²) in [5.41, 5.74) is 1.81. The van der Waals surface area contributed by atoms with Crippen LogP contribution in [-0.2, 0) is 17.4 Å². The van der Waals surface area contributed by atoms with Gasteiger partial charge < -0.3 is 14.2 Å². The SMILES string of the molecule is CCOC1(c2nccn2C)CN(c2ncnc3ccc(C)cc23)C1. The van der Waals surface area contributed by atoms with Gasteiger partial charge in [0.25, 0.3) is 0 Å². The van der Waals surface area contributed by atoms with Gasteiger partial charge in [0.1, 0.15) is 18.0 Å². The van der Waals surface area contributed by atoms with Crippen molar-refractivity contribution in [1.82, 2.24) is 19.5 Å². The number of aromatic nitrogens is 4. The Morgan fingerprint density at radius 3 is 2.75 bits per heavy atom. The second-order valence-corrected chi connectivity index (χ2v) is 6.36. The van der Waals surface area contributed by atoms with Gasteiger partial charge in [-0.2, -0.15) is 0 Å². The fourth-order valence-corrected chi connectivity index (χ4v) is 3.51. The summed E-state index contributed by atoms with van der Waals surface area (Å²) in [4.78, 5) is 15.7. The normalized spacial score (nSPS) is 16.4. The van der Waals surface area contributed by atoms with Crippen molar-refractivity contribution in [2.24, 2.45) is 7.05 Å². The van der Waals surface area contributed by atoms with Gasteiger partial charge in [-0.05, 0) is 26.0 Å². The fraction of sp³-hybridized carbons (Fsp3) is 0.389. The summed E-state index contributed by atoms with van der Waals surface area (Å²) < 4.78 is 8.15. The molecule has 1 aromatic carbocycles. The molecule has 0 atom stereocenters. The molecule has 0 aliphatic carbocycles. The minimum absolute atomic E-state index is 0.367. The van der Waals surface area contributed by atoms with Crippen LogP contribution in [0.4, 0.5) is 5.82 Å². The van der Waals surface area contributed by atoms with Crippen molar-refractivity contribution in [2.45, 2.75) is 19.4 Å². The second-order valence-electron chi connectivity index (χ2n) is 6.36. The first kappa shape index (κ1) is 15.1. The zero-order chi connectivity index (χ0) is 16.7. The van der Waals surface area contributed by atoms with E-state index in [0.29, 0.717) is 6.61 Å². The monoisotopic (exact) mass is 323 g/mol. The maximum atomic E-state index is 6.11. The van der Waals surface area contributed by atoms with Crippen molar-refractivity contribution in [2.75, 3.05) is 24.6 Å². The van der Waals surface area contributed by atoms with Gasteiger partial charge in [-0.25, -0.2) is 15.0 Å². The van der Waals surface area contributed by atoms with E-state index >= 15 is 0 Å². The van der Waals surface area contributed by atoms with Crippen molar-refractivity contribution in [3.8, 4) is 0 Å². The molecule has 1 fully saturated rings. The third-order valence-electron chi connectivity index (χ3n) is 4.61. The molecule has 4 rings (SSSR count). The molecule has 0 N–H and O–H groups in total. The molecule has 0 bridgehead atoms. The van der Waals surface area contributed by atoms with E-state index in [1.165, 1.54) is 5.56 Å². The van der Waals surface area contributed by atoms with Crippen LogP contribution in [0.2, 0.25) is 0 Å². The topological polar surface area (TPSA) is 56.1 Å². The molecular weight excluding hydrogens is 302 g/mol. The highest BCUT2D eigenvalue weighted by atomic mass is 16.5. The van der Waals surface area contributed by atoms with Crippen LogP contribution >= 0.6 is 0 Å². The molecule has 0 saturated carbocycles. The largest absolute Gasteiger partial charge is 0.364 e. The highest BCUT2D eigenvalue weighted by Gasteiger charge is 2.49. The van der Waals surface area contributed by atoms with E-state index in [1.807, 2.05) is 37.0 Å². The quantitative estimate of drug-likeness (QED) is 0.738. The van der Waals surface area contributed by atoms with Crippen LogP contribution in [0.15, 0.2) is 36.9 Å². The third-order valence-corrected chi connectivity index (χ3v) is 4.61. The van der Waals surface area contributed by atoms with Crippen LogP contribution in [0.3, 0.4) is 0 Å². The Labute approximate surface area is 141 Å². The number of aryl methyl sites for hydroxylation is 2. The average molecular weight is 323 g/mol. The number of hydrogen-bond donors (Lipinski definition) is 0. The van der Waals surface area contributed by atoms with Crippen LogP contribution in [0.25, 0.3) is 10.9 Å². The average Bonchev–Trinajstić information content (AvgIpc) is 2.96. The Bertz CT molecular complexity index is 882. The highest BCUT2D eigenvalue weighted by molar-refractivity contribution is 5.90. The smallest absolute Gasteiger partial charge is 0.160 e. The molecule has 3 aromatic rings. The fourth-order valence-electron chi connectivity index (χ4n) is 3.51. The minimum Gasteiger partial charge on any atom is -0.364 e. The molecule has 0 spiro atoms. The summed E-state index contributed by atoms with van der Waals surface area (Å²) >= 11 is 0. The zero-order valence-electron chi connectivity index (χ0n) is 14.2. The summed E-state index contributed by atoms with van der Waals surface area (Å²) in [6.07, 6.45) is 5.42. The first-order valence-electron chi connectivity index (χ1n) is 8.21. The second kappa shape index (κ2) is 5.56. The predicted molar refractivity (Wildman–Crippen MR) is 93.0 cm³/mol. The van der Waals surface area contributed by atoms with E-state index in [1.54, 1.807) is 6.33 Å². The predicted octanol–water partition coefficient (Wildman–Crippen LogP) is 2.42. The number of anilines is 1. The van der Waals surface area contributed by atoms with Crippen LogP contribution in [0, 0.1) is 6.92 Å². The summed E-state index contributed by atoms with van der Waals surface area (Å²) in [5.74, 6) is 1.93. The Hall–Kier alpha value is -2.47. The van der Waals surface area contributed by atoms with Crippen LogP contribution < -0.4 is 4.90 Å². The van der Waals surface area contributed by atoms with Gasteiger partial charge in [-0.15, -0.1) is 0 Å². The lowest BCUT2D eigenvalue weighted by molar-refractivity contribution is -0.0732. The van der Waals surface area contributed by atoms with Gasteiger partial charge in [0.05, 0.1) is 18.6 Å². The molecule has 6 heteroatoms. The molecule has 6 nitrogen and oxygen atoms in total. The van der Waals surface area contributed by atoms with Gasteiger partial charge in [-0.1, -0.05) is 11.6 Å². The first-order chi connectivity index (χ1) is 11.6. The molecule has 1 aliphatic rings. The molecule has 3 heterocycles. The lowest BCUT2D eigenvalue weighted by Crippen LogP contribution is -2.62. The molecule has 124 valence electrons. The van der Waals surface area contributed by atoms with Crippen molar-refractivity contribution < 1.29 is 4.74 Å². The van der Waals surface area contributed by atoms with Gasteiger partial charge in [0, 0.05) is 31.4 Å². The lowest BCUT2D eigenvalue weighted by atomic mass is 9.92. The highest BCUT2D eigenvalue weighted by Crippen LogP contribution is 2.39. The zero-order valence-corrected chi connectivity index (χ0v) is 14.2. The van der Waals surface area contributed by atoms with E-state index in [4.69, 9.17) is 4.74 Å². The number of hydrogen-bond acceptors (Lipinski definition) is 5. The van der Waals surface area contributed by atoms with E-state index in [0.717, 1.165) is 35.6 Å². The van der Waals surface area contributed by atoms with Crippen molar-refractivity contribution in [3.05, 3.63) is 48.3 Å². The van der Waals surface area contributed by atoms with Crippen LogP contribution in [0.5, 0.6) is 0 Å². The molecule has 2 aromatic heterocycles. The van der Waals surface area contributed by atoms with E-state index in [2.05, 4.69) is 38.9 Å². The Kier molecular flexibility index (Phi) is 3.49. The molecule has 24 heavy (non-hydrogen) atoms. The number of fused-ring (bicyclic) bond motifs is 1. The number of nitrogens with zero attached hydrogens (tertiary/aromatic N) is 5. The summed E-state index contributed by atoms with van der Waals surface area (Å²) in [7, 11) is 2.01. The van der Waals surface area contributed by atoms with Gasteiger partial charge in [0.2, 0.25) is 0 Å². The number of ether oxygens (including phenoxy) is 1. The van der Waals surface area contributed by atoms with Gasteiger partial charge >= 0.3 is 0 Å². The standard InChI is InChI=1S/C18H21N5O/c1-4-24-18(17-19-7-8-22(17)3)10-23(11-18)16-14-9-13(2)5-6-15(14)20-12-21-16/h5-9,12H,4,10-11H2,1-3H3. The Morgan fingerprint density at radius 2 is 2.04 bits per heavy atom. The van der Waals surface area contributed by atoms with Crippen LogP contribution in [0.1, 0.15) is 18.3 Å². The van der Waals surface area contributed by atoms with Gasteiger partial charge in [-0.3, -0.25) is 0 Å². The molecule has 0 radical (unpaired) electrons. The van der Waals surface area contributed by atoms with Crippen molar-refractivity contribution >= 4 is 16.7 Å². The Balaban J connectivity index is 1.69. The van der Waals surface area contributed by atoms with Crippen molar-refractivity contribution in [3.63, 3.8) is 0 Å². The third kappa shape index (κ3) is 2.26. The Morgan fingerprint density at radius 1 is 1.21 bits per heavy atom. The molecule has 1 aliphatic heterocycles. The first-order valence-corrected chi connectivity index (χ1v) is 8.21. The number of benzene rings is 1. The number of rotatable bonds is 4. The van der Waals surface area contributed by atoms with Crippen molar-refractivity contribution in [1.29, 1.82) is 0 Å². The summed E-state index contributed by atoms with van der Waals surface area (Å²) in [6, 6.07) is 6.27. The minimum atomic E-state index is -0.367. The maximum Gasteiger partial charge on any atom is 0.160 e. The summed E-state index contributed by atoms with van der Waals surface area (Å²) in [6.45, 7) is 6.25. The van der Waals surface area contributed by atoms with E-state index < -0.39 is 0 Å². The van der Waals surface area contributed by atoms with Gasteiger partial charge in [0.15, 0.2) is 5.60 Å². The maximum absolute atomic E-state index is 6.11. The molecule has 0 amide bonds. The molecule has 0 unspecified atom stereocenters. The van der Waals surface area contributed by atoms with Crippen LogP contribution in [-0.4, -0.2) is 39.2 Å². The van der Waals surface area contributed by atoms with E-state index in [9.17, 15) is 0 Å². The molecular formula is C18H21N5O. The van der Waals surface area contributed by atoms with E-state index in [-0.39, 0.29) is 5.60 Å². The molecule has 1 saturated heterocycles. The lowest BCUT2D eigenvalue weighted by Gasteiger charge is -2.49.